The zero-order chi connectivity index (χ0) is 19.6. The summed E-state index contributed by atoms with van der Waals surface area (Å²) >= 11 is 25.4. The van der Waals surface area contributed by atoms with Gasteiger partial charge in [0.05, 0.1) is 31.5 Å². The molecule has 140 valence electrons. The van der Waals surface area contributed by atoms with Gasteiger partial charge < -0.3 is 9.88 Å². The van der Waals surface area contributed by atoms with Crippen LogP contribution in [0.1, 0.15) is 0 Å². The van der Waals surface area contributed by atoms with Crippen molar-refractivity contribution in [2.24, 2.45) is 7.05 Å². The number of benzene rings is 2. The smallest absolute Gasteiger partial charge is 0.234 e. The van der Waals surface area contributed by atoms with Gasteiger partial charge in [0.1, 0.15) is 0 Å². The first-order valence-electron chi connectivity index (χ1n) is 7.58. The molecule has 0 saturated heterocycles. The van der Waals surface area contributed by atoms with Crippen LogP contribution < -0.4 is 5.32 Å². The first-order chi connectivity index (χ1) is 12.9. The Kier molecular flexibility index (Phi) is 6.55. The molecule has 0 aliphatic carbocycles. The lowest BCUT2D eigenvalue weighted by Crippen LogP contribution is -2.15. The molecule has 3 aromatic rings. The van der Waals surface area contributed by atoms with Crippen LogP contribution in [0.5, 0.6) is 0 Å². The van der Waals surface area contributed by atoms with E-state index in [9.17, 15) is 4.79 Å². The summed E-state index contributed by atoms with van der Waals surface area (Å²) in [6.45, 7) is 0. The second-order valence-corrected chi connectivity index (χ2v) is 8.00. The van der Waals surface area contributed by atoms with Crippen molar-refractivity contribution in [3.63, 3.8) is 0 Å². The lowest BCUT2D eigenvalue weighted by atomic mass is 10.2. The standard InChI is InChI=1S/C17H12Cl4N4OS/c1-25-16(9-5-6-10(18)13(21)7-9)23-24-17(25)27-8-14(26)22-15-11(19)3-2-4-12(15)20/h2-7H,8H2,1H3,(H,22,26). The number of carbonyl (C=O) groups is 1. The van der Waals surface area contributed by atoms with Gasteiger partial charge in [-0.05, 0) is 30.3 Å². The molecule has 0 atom stereocenters. The molecule has 0 unspecified atom stereocenters. The number of nitrogens with one attached hydrogen (secondary N) is 1. The molecule has 10 heteroatoms. The van der Waals surface area contributed by atoms with Crippen LogP contribution in [-0.2, 0) is 11.8 Å². The quantitative estimate of drug-likeness (QED) is 0.485. The number of amides is 1. The lowest BCUT2D eigenvalue weighted by molar-refractivity contribution is -0.113. The zero-order valence-corrected chi connectivity index (χ0v) is 17.7. The summed E-state index contributed by atoms with van der Waals surface area (Å²) in [5, 5.41) is 13.2. The number of thioether (sulfide) groups is 1. The second-order valence-electron chi connectivity index (χ2n) is 5.43. The number of hydrogen-bond acceptors (Lipinski definition) is 4. The SMILES string of the molecule is Cn1c(SCC(=O)Nc2c(Cl)cccc2Cl)nnc1-c1ccc(Cl)c(Cl)c1. The molecule has 2 aromatic carbocycles. The molecular formula is C17H12Cl4N4OS. The van der Waals surface area contributed by atoms with Crippen molar-refractivity contribution in [3.05, 3.63) is 56.5 Å². The van der Waals surface area contributed by atoms with Crippen LogP contribution >= 0.6 is 58.2 Å². The Morgan fingerprint density at radius 2 is 1.74 bits per heavy atom. The number of anilines is 1. The molecule has 1 aromatic heterocycles. The average Bonchev–Trinajstić information content (AvgIpc) is 2.99. The van der Waals surface area contributed by atoms with Crippen LogP contribution in [0, 0.1) is 0 Å². The predicted molar refractivity (Wildman–Crippen MR) is 112 cm³/mol. The van der Waals surface area contributed by atoms with Crippen molar-refractivity contribution >= 4 is 69.8 Å². The fourth-order valence-corrected chi connectivity index (χ4v) is 3.75. The van der Waals surface area contributed by atoms with Crippen LogP contribution in [0.15, 0.2) is 41.6 Å². The number of nitrogens with zero attached hydrogens (tertiary/aromatic N) is 3. The van der Waals surface area contributed by atoms with Gasteiger partial charge in [0.2, 0.25) is 5.91 Å². The Morgan fingerprint density at radius 3 is 2.41 bits per heavy atom. The summed E-state index contributed by atoms with van der Waals surface area (Å²) in [6, 6.07) is 10.2. The van der Waals surface area contributed by atoms with Gasteiger partial charge in [-0.25, -0.2) is 0 Å². The van der Waals surface area contributed by atoms with Gasteiger partial charge in [-0.15, -0.1) is 10.2 Å². The van der Waals surface area contributed by atoms with E-state index < -0.39 is 0 Å². The molecule has 0 radical (unpaired) electrons. The van der Waals surface area contributed by atoms with Crippen LogP contribution in [-0.4, -0.2) is 26.4 Å². The maximum atomic E-state index is 12.2. The third-order valence-electron chi connectivity index (χ3n) is 3.57. The fraction of sp³-hybridized carbons (Fsp3) is 0.118. The van der Waals surface area contributed by atoms with Crippen LogP contribution in [0.25, 0.3) is 11.4 Å². The van der Waals surface area contributed by atoms with E-state index in [2.05, 4.69) is 15.5 Å². The van der Waals surface area contributed by atoms with Crippen LogP contribution in [0.2, 0.25) is 20.1 Å². The molecule has 3 rings (SSSR count). The topological polar surface area (TPSA) is 59.8 Å². The van der Waals surface area contributed by atoms with Gasteiger partial charge in [-0.2, -0.15) is 0 Å². The molecule has 1 heterocycles. The Bertz CT molecular complexity index is 988. The summed E-state index contributed by atoms with van der Waals surface area (Å²) in [5.74, 6) is 0.481. The molecule has 0 fully saturated rings. The average molecular weight is 462 g/mol. The van der Waals surface area contributed by atoms with Crippen LogP contribution in [0.4, 0.5) is 5.69 Å². The number of hydrogen-bond donors (Lipinski definition) is 1. The minimum atomic E-state index is -0.255. The third-order valence-corrected chi connectivity index (χ3v) is 5.96. The lowest BCUT2D eigenvalue weighted by Gasteiger charge is -2.09. The number of halogens is 4. The van der Waals surface area contributed by atoms with E-state index >= 15 is 0 Å². The predicted octanol–water partition coefficient (Wildman–Crippen LogP) is 5.83. The highest BCUT2D eigenvalue weighted by Gasteiger charge is 2.15. The zero-order valence-electron chi connectivity index (χ0n) is 13.8. The largest absolute Gasteiger partial charge is 0.323 e. The molecule has 0 saturated carbocycles. The highest BCUT2D eigenvalue weighted by atomic mass is 35.5. The molecule has 0 spiro atoms. The Morgan fingerprint density at radius 1 is 1.04 bits per heavy atom. The van der Waals surface area contributed by atoms with Crippen molar-refractivity contribution in [1.29, 1.82) is 0 Å². The highest BCUT2D eigenvalue weighted by molar-refractivity contribution is 7.99. The summed E-state index contributed by atoms with van der Waals surface area (Å²) in [7, 11) is 1.81. The van der Waals surface area contributed by atoms with Gasteiger partial charge in [-0.3, -0.25) is 4.79 Å². The van der Waals surface area contributed by atoms with Crippen LogP contribution in [0.3, 0.4) is 0 Å². The monoisotopic (exact) mass is 460 g/mol. The summed E-state index contributed by atoms with van der Waals surface area (Å²) < 4.78 is 1.78. The molecule has 1 N–H and O–H groups in total. The van der Waals surface area contributed by atoms with E-state index in [1.165, 1.54) is 11.8 Å². The van der Waals surface area contributed by atoms with Gasteiger partial charge in [0.25, 0.3) is 0 Å². The van der Waals surface area contributed by atoms with Gasteiger partial charge in [0, 0.05) is 12.6 Å². The van der Waals surface area contributed by atoms with E-state index in [0.29, 0.717) is 36.8 Å². The van der Waals surface area contributed by atoms with Gasteiger partial charge >= 0.3 is 0 Å². The maximum absolute atomic E-state index is 12.2. The molecule has 0 bridgehead atoms. The van der Waals surface area contributed by atoms with Crippen molar-refractivity contribution in [2.75, 3.05) is 11.1 Å². The molecule has 1 amide bonds. The van der Waals surface area contributed by atoms with Crippen molar-refractivity contribution in [3.8, 4) is 11.4 Å². The van der Waals surface area contributed by atoms with Crippen molar-refractivity contribution in [2.45, 2.75) is 5.16 Å². The van der Waals surface area contributed by atoms with E-state index in [4.69, 9.17) is 46.4 Å². The first kappa shape index (κ1) is 20.3. The van der Waals surface area contributed by atoms with Crippen molar-refractivity contribution < 1.29 is 4.79 Å². The van der Waals surface area contributed by atoms with E-state index in [0.717, 1.165) is 5.56 Å². The van der Waals surface area contributed by atoms with E-state index in [1.807, 2.05) is 7.05 Å². The summed E-state index contributed by atoms with van der Waals surface area (Å²) in [5.41, 5.74) is 1.17. The Balaban J connectivity index is 1.69. The second kappa shape index (κ2) is 8.71. The minimum Gasteiger partial charge on any atom is -0.323 e. The fourth-order valence-electron chi connectivity index (χ4n) is 2.25. The highest BCUT2D eigenvalue weighted by Crippen LogP contribution is 2.31. The molecular weight excluding hydrogens is 450 g/mol. The van der Waals surface area contributed by atoms with Crippen molar-refractivity contribution in [1.82, 2.24) is 14.8 Å². The normalized spacial score (nSPS) is 10.9. The Hall–Kier alpha value is -1.44. The number of para-hydroxylation sites is 1. The summed E-state index contributed by atoms with van der Waals surface area (Å²) in [6.07, 6.45) is 0. The van der Waals surface area contributed by atoms with Gasteiger partial charge in [-0.1, -0.05) is 64.2 Å². The molecule has 0 aliphatic rings. The molecule has 5 nitrogen and oxygen atoms in total. The third kappa shape index (κ3) is 4.70. The first-order valence-corrected chi connectivity index (χ1v) is 10.1. The maximum Gasteiger partial charge on any atom is 0.234 e. The number of rotatable bonds is 5. The van der Waals surface area contributed by atoms with Gasteiger partial charge in [0.15, 0.2) is 11.0 Å². The minimum absolute atomic E-state index is 0.120. The summed E-state index contributed by atoms with van der Waals surface area (Å²) in [4.78, 5) is 12.2. The Labute approximate surface area is 180 Å². The molecule has 27 heavy (non-hydrogen) atoms. The number of carbonyl (C=O) groups excluding carboxylic acids is 1. The van der Waals surface area contributed by atoms with E-state index in [1.54, 1.807) is 41.0 Å². The molecule has 0 aliphatic heterocycles. The number of aromatic nitrogens is 3. The van der Waals surface area contributed by atoms with E-state index in [-0.39, 0.29) is 11.7 Å².